The molecular formula is C18H22N2O4. The van der Waals surface area contributed by atoms with Crippen LogP contribution < -0.4 is 10.6 Å². The average Bonchev–Trinajstić information content (AvgIpc) is 3.09. The predicted octanol–water partition coefficient (Wildman–Crippen LogP) is 2.67. The molecule has 0 saturated carbocycles. The van der Waals surface area contributed by atoms with Gasteiger partial charge in [-0.1, -0.05) is 13.8 Å². The molecule has 0 aliphatic heterocycles. The van der Waals surface area contributed by atoms with Crippen molar-refractivity contribution in [3.05, 3.63) is 54.0 Å². The van der Waals surface area contributed by atoms with E-state index in [2.05, 4.69) is 10.6 Å². The van der Waals surface area contributed by atoms with Gasteiger partial charge in [0.2, 0.25) is 0 Å². The zero-order valence-electron chi connectivity index (χ0n) is 13.8. The molecule has 2 rings (SSSR count). The Morgan fingerprint density at radius 2 is 1.83 bits per heavy atom. The fraction of sp³-hybridized carbons (Fsp3) is 0.333. The minimum absolute atomic E-state index is 0.166. The monoisotopic (exact) mass is 330 g/mol. The summed E-state index contributed by atoms with van der Waals surface area (Å²) in [6, 6.07) is 9.77. The Hall–Kier alpha value is -2.60. The van der Waals surface area contributed by atoms with Gasteiger partial charge in [-0.2, -0.15) is 0 Å². The van der Waals surface area contributed by atoms with Gasteiger partial charge in [0.25, 0.3) is 11.8 Å². The number of furan rings is 1. The van der Waals surface area contributed by atoms with Gasteiger partial charge < -0.3 is 20.2 Å². The Labute approximate surface area is 140 Å². The second kappa shape index (κ2) is 8.31. The Morgan fingerprint density at radius 1 is 1.12 bits per heavy atom. The number of anilines is 1. The van der Waals surface area contributed by atoms with Crippen LogP contribution in [-0.4, -0.2) is 29.6 Å². The molecule has 3 N–H and O–H groups in total. The molecule has 6 heteroatoms. The van der Waals surface area contributed by atoms with Gasteiger partial charge in [-0.05, 0) is 48.7 Å². The molecule has 6 nitrogen and oxygen atoms in total. The highest BCUT2D eigenvalue weighted by Crippen LogP contribution is 2.12. The van der Waals surface area contributed by atoms with Crippen LogP contribution in [0, 0.1) is 5.92 Å². The number of carbonyl (C=O) groups is 2. The number of aliphatic hydroxyl groups excluding tert-OH is 1. The highest BCUT2D eigenvalue weighted by molar-refractivity contribution is 6.02. The van der Waals surface area contributed by atoms with E-state index in [4.69, 9.17) is 4.42 Å². The molecular weight excluding hydrogens is 308 g/mol. The fourth-order valence-electron chi connectivity index (χ4n) is 2.07. The van der Waals surface area contributed by atoms with Crippen molar-refractivity contribution in [1.82, 2.24) is 5.32 Å². The van der Waals surface area contributed by atoms with Crippen molar-refractivity contribution in [2.24, 2.45) is 5.92 Å². The summed E-state index contributed by atoms with van der Waals surface area (Å²) in [6.45, 7) is 4.28. The first-order valence-corrected chi connectivity index (χ1v) is 7.88. The van der Waals surface area contributed by atoms with E-state index in [0.29, 0.717) is 24.2 Å². The molecule has 0 saturated heterocycles. The number of hydrogen-bond acceptors (Lipinski definition) is 4. The zero-order chi connectivity index (χ0) is 17.5. The molecule has 1 heterocycles. The van der Waals surface area contributed by atoms with E-state index in [1.807, 2.05) is 13.8 Å². The Bertz CT molecular complexity index is 663. The maximum absolute atomic E-state index is 12.0. The summed E-state index contributed by atoms with van der Waals surface area (Å²) in [6.07, 6.45) is 1.52. The largest absolute Gasteiger partial charge is 0.459 e. The molecule has 0 radical (unpaired) electrons. The van der Waals surface area contributed by atoms with Crippen LogP contribution in [0.2, 0.25) is 0 Å². The molecule has 1 aromatic carbocycles. The SMILES string of the molecule is CC(C)C(O)CCNC(=O)c1ccc(NC(=O)c2ccco2)cc1. The minimum Gasteiger partial charge on any atom is -0.459 e. The Morgan fingerprint density at radius 3 is 2.42 bits per heavy atom. The molecule has 0 bridgehead atoms. The first kappa shape index (κ1) is 17.7. The van der Waals surface area contributed by atoms with E-state index in [0.717, 1.165) is 0 Å². The highest BCUT2D eigenvalue weighted by Gasteiger charge is 2.11. The number of nitrogens with one attached hydrogen (secondary N) is 2. The summed E-state index contributed by atoms with van der Waals surface area (Å²) in [7, 11) is 0. The van der Waals surface area contributed by atoms with Gasteiger partial charge in [0.1, 0.15) is 0 Å². The quantitative estimate of drug-likeness (QED) is 0.728. The maximum atomic E-state index is 12.0. The predicted molar refractivity (Wildman–Crippen MR) is 90.9 cm³/mol. The third kappa shape index (κ3) is 4.96. The molecule has 0 spiro atoms. The lowest BCUT2D eigenvalue weighted by molar-refractivity contribution is 0.0919. The fourth-order valence-corrected chi connectivity index (χ4v) is 2.07. The Balaban J connectivity index is 1.85. The molecule has 2 amide bonds. The van der Waals surface area contributed by atoms with Crippen molar-refractivity contribution in [1.29, 1.82) is 0 Å². The van der Waals surface area contributed by atoms with E-state index >= 15 is 0 Å². The third-order valence-electron chi connectivity index (χ3n) is 3.65. The second-order valence-corrected chi connectivity index (χ2v) is 5.86. The highest BCUT2D eigenvalue weighted by atomic mass is 16.3. The van der Waals surface area contributed by atoms with Crippen LogP contribution >= 0.6 is 0 Å². The van der Waals surface area contributed by atoms with Gasteiger partial charge in [-0.15, -0.1) is 0 Å². The number of amides is 2. The minimum atomic E-state index is -0.426. The molecule has 1 atom stereocenters. The van der Waals surface area contributed by atoms with Crippen molar-refractivity contribution in [2.75, 3.05) is 11.9 Å². The van der Waals surface area contributed by atoms with Crippen molar-refractivity contribution in [3.63, 3.8) is 0 Å². The van der Waals surface area contributed by atoms with Gasteiger partial charge in [0.15, 0.2) is 5.76 Å². The van der Waals surface area contributed by atoms with E-state index in [-0.39, 0.29) is 23.5 Å². The number of carbonyl (C=O) groups excluding carboxylic acids is 2. The summed E-state index contributed by atoms with van der Waals surface area (Å²) < 4.78 is 5.01. The first-order valence-electron chi connectivity index (χ1n) is 7.88. The van der Waals surface area contributed by atoms with Gasteiger partial charge >= 0.3 is 0 Å². The molecule has 1 aromatic heterocycles. The molecule has 2 aromatic rings. The van der Waals surface area contributed by atoms with Crippen molar-refractivity contribution in [3.8, 4) is 0 Å². The van der Waals surface area contributed by atoms with Gasteiger partial charge in [-0.3, -0.25) is 9.59 Å². The lowest BCUT2D eigenvalue weighted by Crippen LogP contribution is -2.28. The van der Waals surface area contributed by atoms with Gasteiger partial charge in [0, 0.05) is 17.8 Å². The summed E-state index contributed by atoms with van der Waals surface area (Å²) in [4.78, 5) is 23.9. The number of benzene rings is 1. The Kier molecular flexibility index (Phi) is 6.14. The van der Waals surface area contributed by atoms with Gasteiger partial charge in [-0.25, -0.2) is 0 Å². The smallest absolute Gasteiger partial charge is 0.291 e. The number of hydrogen-bond donors (Lipinski definition) is 3. The van der Waals surface area contributed by atoms with Crippen LogP contribution in [0.1, 0.15) is 41.2 Å². The standard InChI is InChI=1S/C18H22N2O4/c1-12(2)15(21)9-10-19-17(22)13-5-7-14(8-6-13)20-18(23)16-4-3-11-24-16/h3-8,11-12,15,21H,9-10H2,1-2H3,(H,19,22)(H,20,23). The summed E-state index contributed by atoms with van der Waals surface area (Å²) in [5.74, 6) is -0.172. The topological polar surface area (TPSA) is 91.6 Å². The zero-order valence-corrected chi connectivity index (χ0v) is 13.8. The summed E-state index contributed by atoms with van der Waals surface area (Å²) >= 11 is 0. The van der Waals surface area contributed by atoms with E-state index in [1.165, 1.54) is 6.26 Å². The number of rotatable bonds is 7. The lowest BCUT2D eigenvalue weighted by atomic mass is 10.0. The van der Waals surface area contributed by atoms with Crippen LogP contribution in [0.3, 0.4) is 0 Å². The van der Waals surface area contributed by atoms with E-state index < -0.39 is 6.10 Å². The molecule has 0 aliphatic carbocycles. The molecule has 0 aliphatic rings. The lowest BCUT2D eigenvalue weighted by Gasteiger charge is -2.14. The summed E-state index contributed by atoms with van der Waals surface area (Å²) in [5, 5.41) is 15.2. The van der Waals surface area contributed by atoms with Crippen LogP contribution in [-0.2, 0) is 0 Å². The van der Waals surface area contributed by atoms with E-state index in [9.17, 15) is 14.7 Å². The van der Waals surface area contributed by atoms with Crippen LogP contribution in [0.4, 0.5) is 5.69 Å². The first-order chi connectivity index (χ1) is 11.5. The molecule has 128 valence electrons. The van der Waals surface area contributed by atoms with E-state index in [1.54, 1.807) is 36.4 Å². The molecule has 1 unspecified atom stereocenters. The summed E-state index contributed by atoms with van der Waals surface area (Å²) in [5.41, 5.74) is 1.06. The average molecular weight is 330 g/mol. The second-order valence-electron chi connectivity index (χ2n) is 5.86. The normalized spacial score (nSPS) is 12.0. The molecule has 0 fully saturated rings. The maximum Gasteiger partial charge on any atom is 0.291 e. The van der Waals surface area contributed by atoms with Crippen molar-refractivity contribution >= 4 is 17.5 Å². The van der Waals surface area contributed by atoms with Crippen LogP contribution in [0.5, 0.6) is 0 Å². The van der Waals surface area contributed by atoms with Gasteiger partial charge in [0.05, 0.1) is 12.4 Å². The number of aliphatic hydroxyl groups is 1. The van der Waals surface area contributed by atoms with Crippen molar-refractivity contribution in [2.45, 2.75) is 26.4 Å². The molecule has 24 heavy (non-hydrogen) atoms. The van der Waals surface area contributed by atoms with Crippen LogP contribution in [0.15, 0.2) is 47.1 Å². The third-order valence-corrected chi connectivity index (χ3v) is 3.65. The van der Waals surface area contributed by atoms with Crippen LogP contribution in [0.25, 0.3) is 0 Å². The van der Waals surface area contributed by atoms with Crippen molar-refractivity contribution < 1.29 is 19.1 Å².